The Labute approximate surface area is 111 Å². The lowest BCUT2D eigenvalue weighted by Crippen LogP contribution is -2.13. The number of aromatic nitrogens is 2. The molecule has 18 heavy (non-hydrogen) atoms. The smallest absolute Gasteiger partial charge is 0.0657 e. The second kappa shape index (κ2) is 7.54. The van der Waals surface area contributed by atoms with Gasteiger partial charge in [0.05, 0.1) is 11.7 Å². The van der Waals surface area contributed by atoms with Crippen LogP contribution >= 0.6 is 0 Å². The fourth-order valence-electron chi connectivity index (χ4n) is 2.42. The van der Waals surface area contributed by atoms with Gasteiger partial charge in [0, 0.05) is 19.4 Å². The number of ether oxygens (including phenoxy) is 1. The molecular formula is C14H27N3O. The van der Waals surface area contributed by atoms with Crippen LogP contribution in [0.2, 0.25) is 0 Å². The standard InChI is InChI=1S/C14H27N3O/c1-5-13-12(7-9-15)14(6-2)17(16-13)11(3)8-10-18-4/h11H,5-10,15H2,1-4H3. The maximum absolute atomic E-state index is 5.72. The van der Waals surface area contributed by atoms with E-state index in [4.69, 9.17) is 15.6 Å². The number of methoxy groups -OCH3 is 1. The molecule has 0 aliphatic rings. The molecule has 2 N–H and O–H groups in total. The summed E-state index contributed by atoms with van der Waals surface area (Å²) in [5.74, 6) is 0. The minimum absolute atomic E-state index is 0.386. The van der Waals surface area contributed by atoms with Gasteiger partial charge in [-0.05, 0) is 44.7 Å². The van der Waals surface area contributed by atoms with Crippen molar-refractivity contribution in [1.82, 2.24) is 9.78 Å². The minimum Gasteiger partial charge on any atom is -0.385 e. The van der Waals surface area contributed by atoms with Crippen LogP contribution in [-0.2, 0) is 24.0 Å². The normalized spacial score (nSPS) is 12.9. The summed E-state index contributed by atoms with van der Waals surface area (Å²) in [7, 11) is 1.74. The molecule has 4 heteroatoms. The number of rotatable bonds is 8. The van der Waals surface area contributed by atoms with E-state index in [1.165, 1.54) is 17.0 Å². The lowest BCUT2D eigenvalue weighted by atomic mass is 10.1. The molecule has 1 aromatic rings. The molecule has 1 atom stereocenters. The first kappa shape index (κ1) is 15.2. The van der Waals surface area contributed by atoms with Crippen molar-refractivity contribution in [3.63, 3.8) is 0 Å². The summed E-state index contributed by atoms with van der Waals surface area (Å²) in [5, 5.41) is 4.78. The molecule has 0 aliphatic carbocycles. The molecule has 1 heterocycles. The first-order valence-corrected chi connectivity index (χ1v) is 6.97. The fourth-order valence-corrected chi connectivity index (χ4v) is 2.42. The van der Waals surface area contributed by atoms with Gasteiger partial charge >= 0.3 is 0 Å². The summed E-state index contributed by atoms with van der Waals surface area (Å²) in [6, 6.07) is 0.386. The molecule has 1 unspecified atom stereocenters. The highest BCUT2D eigenvalue weighted by molar-refractivity contribution is 5.27. The lowest BCUT2D eigenvalue weighted by molar-refractivity contribution is 0.178. The topological polar surface area (TPSA) is 53.1 Å². The lowest BCUT2D eigenvalue weighted by Gasteiger charge is -2.15. The van der Waals surface area contributed by atoms with Gasteiger partial charge in [0.2, 0.25) is 0 Å². The molecule has 0 aromatic carbocycles. The first-order valence-electron chi connectivity index (χ1n) is 6.97. The van der Waals surface area contributed by atoms with Crippen molar-refractivity contribution >= 4 is 0 Å². The Morgan fingerprint density at radius 1 is 1.33 bits per heavy atom. The van der Waals surface area contributed by atoms with Crippen molar-refractivity contribution in [2.45, 2.75) is 52.5 Å². The highest BCUT2D eigenvalue weighted by atomic mass is 16.5. The zero-order chi connectivity index (χ0) is 13.5. The van der Waals surface area contributed by atoms with Gasteiger partial charge in [-0.1, -0.05) is 13.8 Å². The van der Waals surface area contributed by atoms with Crippen LogP contribution in [0.3, 0.4) is 0 Å². The van der Waals surface area contributed by atoms with Gasteiger partial charge < -0.3 is 10.5 Å². The van der Waals surface area contributed by atoms with Gasteiger partial charge in [-0.15, -0.1) is 0 Å². The quantitative estimate of drug-likeness (QED) is 0.772. The van der Waals surface area contributed by atoms with Crippen molar-refractivity contribution < 1.29 is 4.74 Å². The van der Waals surface area contributed by atoms with Crippen LogP contribution in [0.4, 0.5) is 0 Å². The number of aryl methyl sites for hydroxylation is 1. The minimum atomic E-state index is 0.386. The number of nitrogens with two attached hydrogens (primary N) is 1. The van der Waals surface area contributed by atoms with Crippen molar-refractivity contribution in [2.24, 2.45) is 5.73 Å². The van der Waals surface area contributed by atoms with E-state index in [2.05, 4.69) is 25.5 Å². The van der Waals surface area contributed by atoms with E-state index in [9.17, 15) is 0 Å². The number of nitrogens with zero attached hydrogens (tertiary/aromatic N) is 2. The van der Waals surface area contributed by atoms with Crippen LogP contribution < -0.4 is 5.73 Å². The van der Waals surface area contributed by atoms with Crippen molar-refractivity contribution in [3.8, 4) is 0 Å². The van der Waals surface area contributed by atoms with Crippen molar-refractivity contribution in [3.05, 3.63) is 17.0 Å². The van der Waals surface area contributed by atoms with E-state index in [0.29, 0.717) is 12.6 Å². The van der Waals surface area contributed by atoms with Crippen LogP contribution in [0.5, 0.6) is 0 Å². The van der Waals surface area contributed by atoms with Crippen LogP contribution in [-0.4, -0.2) is 30.0 Å². The largest absolute Gasteiger partial charge is 0.385 e. The Morgan fingerprint density at radius 2 is 2.06 bits per heavy atom. The highest BCUT2D eigenvalue weighted by Crippen LogP contribution is 2.22. The summed E-state index contributed by atoms with van der Waals surface area (Å²) < 4.78 is 7.34. The van der Waals surface area contributed by atoms with Crippen molar-refractivity contribution in [2.75, 3.05) is 20.3 Å². The van der Waals surface area contributed by atoms with Crippen LogP contribution in [0.15, 0.2) is 0 Å². The molecule has 1 rings (SSSR count). The van der Waals surface area contributed by atoms with Gasteiger partial charge in [-0.25, -0.2) is 0 Å². The van der Waals surface area contributed by atoms with Gasteiger partial charge in [-0.2, -0.15) is 5.10 Å². The summed E-state index contributed by atoms with van der Waals surface area (Å²) in [4.78, 5) is 0. The van der Waals surface area contributed by atoms with Gasteiger partial charge in [0.25, 0.3) is 0 Å². The average Bonchev–Trinajstić information content (AvgIpc) is 2.74. The predicted octanol–water partition coefficient (Wildman–Crippen LogP) is 2.11. The first-order chi connectivity index (χ1) is 8.69. The van der Waals surface area contributed by atoms with E-state index in [0.717, 1.165) is 32.3 Å². The molecule has 1 aromatic heterocycles. The summed E-state index contributed by atoms with van der Waals surface area (Å²) in [5.41, 5.74) is 9.64. The molecule has 4 nitrogen and oxygen atoms in total. The SMILES string of the molecule is CCc1nn(C(C)CCOC)c(CC)c1CCN. The van der Waals surface area contributed by atoms with Crippen LogP contribution in [0, 0.1) is 0 Å². The average molecular weight is 253 g/mol. The Kier molecular flexibility index (Phi) is 6.36. The summed E-state index contributed by atoms with van der Waals surface area (Å²) in [6.45, 7) is 8.02. The zero-order valence-corrected chi connectivity index (χ0v) is 12.2. The summed E-state index contributed by atoms with van der Waals surface area (Å²) >= 11 is 0. The third-order valence-electron chi connectivity index (χ3n) is 3.42. The molecule has 0 aliphatic heterocycles. The van der Waals surface area contributed by atoms with Gasteiger partial charge in [0.1, 0.15) is 0 Å². The molecule has 0 spiro atoms. The molecular weight excluding hydrogens is 226 g/mol. The number of hydrogen-bond donors (Lipinski definition) is 1. The molecule has 0 bridgehead atoms. The molecule has 0 saturated carbocycles. The number of hydrogen-bond acceptors (Lipinski definition) is 3. The maximum Gasteiger partial charge on any atom is 0.0657 e. The second-order valence-electron chi connectivity index (χ2n) is 4.69. The zero-order valence-electron chi connectivity index (χ0n) is 12.2. The molecule has 0 saturated heterocycles. The fraction of sp³-hybridized carbons (Fsp3) is 0.786. The molecule has 0 radical (unpaired) electrons. The van der Waals surface area contributed by atoms with Crippen molar-refractivity contribution in [1.29, 1.82) is 0 Å². The predicted molar refractivity (Wildman–Crippen MR) is 74.9 cm³/mol. The van der Waals surface area contributed by atoms with Gasteiger partial charge in [0.15, 0.2) is 0 Å². The van der Waals surface area contributed by atoms with E-state index in [1.54, 1.807) is 7.11 Å². The third kappa shape index (κ3) is 3.33. The molecule has 0 amide bonds. The Bertz CT molecular complexity index is 360. The second-order valence-corrected chi connectivity index (χ2v) is 4.69. The van der Waals surface area contributed by atoms with E-state index >= 15 is 0 Å². The monoisotopic (exact) mass is 253 g/mol. The third-order valence-corrected chi connectivity index (χ3v) is 3.42. The van der Waals surface area contributed by atoms with E-state index < -0.39 is 0 Å². The highest BCUT2D eigenvalue weighted by Gasteiger charge is 2.18. The summed E-state index contributed by atoms with van der Waals surface area (Å²) in [6.07, 6.45) is 3.92. The van der Waals surface area contributed by atoms with Crippen LogP contribution in [0.1, 0.15) is 50.2 Å². The molecule has 104 valence electrons. The molecule has 0 fully saturated rings. The van der Waals surface area contributed by atoms with E-state index in [1.807, 2.05) is 0 Å². The van der Waals surface area contributed by atoms with Crippen LogP contribution in [0.25, 0.3) is 0 Å². The van der Waals surface area contributed by atoms with Gasteiger partial charge in [-0.3, -0.25) is 4.68 Å². The maximum atomic E-state index is 5.72. The Balaban J connectivity index is 3.02. The van der Waals surface area contributed by atoms with E-state index in [-0.39, 0.29) is 0 Å². The Morgan fingerprint density at radius 3 is 2.56 bits per heavy atom. The Hall–Kier alpha value is -0.870.